The summed E-state index contributed by atoms with van der Waals surface area (Å²) in [5, 5.41) is 3.04. The van der Waals surface area contributed by atoms with Gasteiger partial charge in [0.05, 0.1) is 0 Å². The van der Waals surface area contributed by atoms with Gasteiger partial charge in [-0.3, -0.25) is 9.69 Å². The molecule has 3 N–H and O–H groups in total. The van der Waals surface area contributed by atoms with Gasteiger partial charge in [-0.25, -0.2) is 0 Å². The van der Waals surface area contributed by atoms with Crippen molar-refractivity contribution in [2.75, 3.05) is 25.4 Å². The Bertz CT molecular complexity index is 495. The number of likely N-dealkylation sites (tertiary alicyclic amines) is 1. The standard InChI is InChI=1S/C18H29N3OS/c1-2-23-17-8-5-6-15(12-17)14-21-11-4-3-7-16(21)13-20-18(22)9-10-19/h5-6,8,12,16H,2-4,7,9-11,13-14,19H2,1H3,(H,20,22). The Balaban J connectivity index is 1.92. The summed E-state index contributed by atoms with van der Waals surface area (Å²) in [5.74, 6) is 1.17. The molecular weight excluding hydrogens is 306 g/mol. The molecule has 1 unspecified atom stereocenters. The maximum atomic E-state index is 11.7. The lowest BCUT2D eigenvalue weighted by Gasteiger charge is -2.36. The molecule has 2 rings (SSSR count). The van der Waals surface area contributed by atoms with Crippen molar-refractivity contribution in [3.63, 3.8) is 0 Å². The Kier molecular flexibility index (Phi) is 7.92. The van der Waals surface area contributed by atoms with Gasteiger partial charge >= 0.3 is 0 Å². The van der Waals surface area contributed by atoms with Crippen LogP contribution in [0.3, 0.4) is 0 Å². The van der Waals surface area contributed by atoms with E-state index in [1.54, 1.807) is 0 Å². The van der Waals surface area contributed by atoms with Gasteiger partial charge in [0, 0.05) is 37.0 Å². The van der Waals surface area contributed by atoms with E-state index in [9.17, 15) is 4.79 Å². The third kappa shape index (κ3) is 6.16. The number of nitrogens with one attached hydrogen (secondary N) is 1. The predicted molar refractivity (Wildman–Crippen MR) is 97.6 cm³/mol. The second kappa shape index (κ2) is 9.96. The Morgan fingerprint density at radius 2 is 2.30 bits per heavy atom. The van der Waals surface area contributed by atoms with Crippen LogP contribution < -0.4 is 11.1 Å². The van der Waals surface area contributed by atoms with Crippen molar-refractivity contribution < 1.29 is 4.79 Å². The first kappa shape index (κ1) is 18.3. The molecule has 4 nitrogen and oxygen atoms in total. The van der Waals surface area contributed by atoms with Crippen LogP contribution in [0.5, 0.6) is 0 Å². The SMILES string of the molecule is CCSc1cccc(CN2CCCCC2CNC(=O)CCN)c1. The van der Waals surface area contributed by atoms with Crippen LogP contribution in [0.2, 0.25) is 0 Å². The zero-order valence-electron chi connectivity index (χ0n) is 14.1. The highest BCUT2D eigenvalue weighted by Gasteiger charge is 2.22. The first-order valence-electron chi connectivity index (χ1n) is 8.65. The van der Waals surface area contributed by atoms with Gasteiger partial charge in [0.25, 0.3) is 0 Å². The summed E-state index contributed by atoms with van der Waals surface area (Å²) >= 11 is 1.88. The van der Waals surface area contributed by atoms with E-state index in [2.05, 4.69) is 41.4 Å². The van der Waals surface area contributed by atoms with E-state index in [4.69, 9.17) is 5.73 Å². The lowest BCUT2D eigenvalue weighted by atomic mass is 10.0. The van der Waals surface area contributed by atoms with Crippen LogP contribution in [0.15, 0.2) is 29.2 Å². The molecule has 0 saturated carbocycles. The van der Waals surface area contributed by atoms with Gasteiger partial charge in [-0.15, -0.1) is 11.8 Å². The molecule has 0 aromatic heterocycles. The summed E-state index contributed by atoms with van der Waals surface area (Å²) in [6, 6.07) is 9.27. The molecule has 23 heavy (non-hydrogen) atoms. The molecule has 1 aromatic rings. The predicted octanol–water partition coefficient (Wildman–Crippen LogP) is 2.62. The fourth-order valence-electron chi connectivity index (χ4n) is 3.09. The Morgan fingerprint density at radius 1 is 1.43 bits per heavy atom. The molecule has 1 aliphatic heterocycles. The number of piperidine rings is 1. The molecule has 0 aliphatic carbocycles. The molecule has 1 heterocycles. The number of hydrogen-bond acceptors (Lipinski definition) is 4. The highest BCUT2D eigenvalue weighted by Crippen LogP contribution is 2.22. The largest absolute Gasteiger partial charge is 0.354 e. The number of nitrogens with two attached hydrogens (primary N) is 1. The van der Waals surface area contributed by atoms with Gasteiger partial charge < -0.3 is 11.1 Å². The average molecular weight is 336 g/mol. The van der Waals surface area contributed by atoms with E-state index in [-0.39, 0.29) is 5.91 Å². The fourth-order valence-corrected chi connectivity index (χ4v) is 3.83. The average Bonchev–Trinajstić information content (AvgIpc) is 2.55. The van der Waals surface area contributed by atoms with E-state index in [1.165, 1.54) is 23.3 Å². The Hall–Kier alpha value is -1.04. The van der Waals surface area contributed by atoms with Gasteiger partial charge in [-0.1, -0.05) is 25.5 Å². The molecule has 5 heteroatoms. The number of rotatable bonds is 8. The number of hydrogen-bond donors (Lipinski definition) is 2. The van der Waals surface area contributed by atoms with E-state index < -0.39 is 0 Å². The van der Waals surface area contributed by atoms with Crippen LogP contribution in [0.4, 0.5) is 0 Å². The van der Waals surface area contributed by atoms with Gasteiger partial charge in [0.2, 0.25) is 5.91 Å². The van der Waals surface area contributed by atoms with Crippen LogP contribution in [-0.2, 0) is 11.3 Å². The van der Waals surface area contributed by atoms with Crippen LogP contribution in [0.1, 0.15) is 38.2 Å². The van der Waals surface area contributed by atoms with Crippen molar-refractivity contribution in [1.29, 1.82) is 0 Å². The summed E-state index contributed by atoms with van der Waals surface area (Å²) < 4.78 is 0. The van der Waals surface area contributed by atoms with Crippen molar-refractivity contribution in [3.8, 4) is 0 Å². The van der Waals surface area contributed by atoms with E-state index in [0.717, 1.165) is 31.8 Å². The zero-order chi connectivity index (χ0) is 16.5. The third-order valence-corrected chi connectivity index (χ3v) is 5.13. The number of carbonyl (C=O) groups is 1. The highest BCUT2D eigenvalue weighted by molar-refractivity contribution is 7.99. The highest BCUT2D eigenvalue weighted by atomic mass is 32.2. The van der Waals surface area contributed by atoms with Crippen molar-refractivity contribution in [3.05, 3.63) is 29.8 Å². The first-order chi connectivity index (χ1) is 11.2. The van der Waals surface area contributed by atoms with Crippen LogP contribution >= 0.6 is 11.8 Å². The number of amides is 1. The molecule has 128 valence electrons. The first-order valence-corrected chi connectivity index (χ1v) is 9.64. The number of nitrogens with zero attached hydrogens (tertiary/aromatic N) is 1. The molecular formula is C18H29N3OS. The van der Waals surface area contributed by atoms with Gasteiger partial charge in [-0.2, -0.15) is 0 Å². The van der Waals surface area contributed by atoms with Crippen molar-refractivity contribution in [2.45, 2.75) is 50.1 Å². The second-order valence-electron chi connectivity index (χ2n) is 6.04. The summed E-state index contributed by atoms with van der Waals surface area (Å²) in [4.78, 5) is 15.5. The van der Waals surface area contributed by atoms with Crippen LogP contribution in [0.25, 0.3) is 0 Å². The molecule has 1 fully saturated rings. The molecule has 1 amide bonds. The van der Waals surface area contributed by atoms with Crippen molar-refractivity contribution in [2.24, 2.45) is 5.73 Å². The van der Waals surface area contributed by atoms with Gasteiger partial charge in [0.1, 0.15) is 0 Å². The lowest BCUT2D eigenvalue weighted by Crippen LogP contribution is -2.46. The quantitative estimate of drug-likeness (QED) is 0.717. The maximum Gasteiger partial charge on any atom is 0.221 e. The fraction of sp³-hybridized carbons (Fsp3) is 0.611. The van der Waals surface area contributed by atoms with Crippen LogP contribution in [0, 0.1) is 0 Å². The minimum absolute atomic E-state index is 0.0689. The van der Waals surface area contributed by atoms with E-state index in [1.807, 2.05) is 11.8 Å². The Labute approximate surface area is 144 Å². The van der Waals surface area contributed by atoms with E-state index in [0.29, 0.717) is 19.0 Å². The lowest BCUT2D eigenvalue weighted by molar-refractivity contribution is -0.121. The number of thioether (sulfide) groups is 1. The van der Waals surface area contributed by atoms with Gasteiger partial charge in [-0.05, 0) is 42.8 Å². The Morgan fingerprint density at radius 3 is 3.09 bits per heavy atom. The molecule has 1 aromatic carbocycles. The molecule has 0 bridgehead atoms. The maximum absolute atomic E-state index is 11.7. The van der Waals surface area contributed by atoms with Crippen molar-refractivity contribution in [1.82, 2.24) is 10.2 Å². The smallest absolute Gasteiger partial charge is 0.221 e. The molecule has 0 spiro atoms. The molecule has 1 aliphatic rings. The minimum atomic E-state index is 0.0689. The molecule has 0 radical (unpaired) electrons. The summed E-state index contributed by atoms with van der Waals surface area (Å²) in [7, 11) is 0. The monoisotopic (exact) mass is 335 g/mol. The van der Waals surface area contributed by atoms with E-state index >= 15 is 0 Å². The second-order valence-corrected chi connectivity index (χ2v) is 7.38. The summed E-state index contributed by atoms with van der Waals surface area (Å²) in [5.41, 5.74) is 6.80. The molecule has 1 saturated heterocycles. The summed E-state index contributed by atoms with van der Waals surface area (Å²) in [6.45, 7) is 5.42. The molecule has 1 atom stereocenters. The minimum Gasteiger partial charge on any atom is -0.354 e. The number of benzene rings is 1. The zero-order valence-corrected chi connectivity index (χ0v) is 14.9. The number of carbonyl (C=O) groups excluding carboxylic acids is 1. The normalized spacial score (nSPS) is 18.8. The topological polar surface area (TPSA) is 58.4 Å². The van der Waals surface area contributed by atoms with Crippen LogP contribution in [-0.4, -0.2) is 42.2 Å². The third-order valence-electron chi connectivity index (χ3n) is 4.25. The van der Waals surface area contributed by atoms with Gasteiger partial charge in [0.15, 0.2) is 0 Å². The van der Waals surface area contributed by atoms with Crippen molar-refractivity contribution >= 4 is 17.7 Å². The summed E-state index contributed by atoms with van der Waals surface area (Å²) in [6.07, 6.45) is 4.08.